The minimum Gasteiger partial charge on any atom is -0.480 e. The van der Waals surface area contributed by atoms with E-state index in [4.69, 9.17) is 0 Å². The highest BCUT2D eigenvalue weighted by Gasteiger charge is 2.32. The van der Waals surface area contributed by atoms with E-state index < -0.39 is 12.0 Å². The maximum atomic E-state index is 11.8. The molecule has 1 N–H and O–H groups in total. The molecule has 0 aliphatic carbocycles. The van der Waals surface area contributed by atoms with E-state index in [0.717, 1.165) is 6.42 Å². The number of carbonyl (C=O) groups is 2. The van der Waals surface area contributed by atoms with Crippen LogP contribution in [0.2, 0.25) is 0 Å². The van der Waals surface area contributed by atoms with Gasteiger partial charge in [0.15, 0.2) is 0 Å². The van der Waals surface area contributed by atoms with Gasteiger partial charge in [-0.15, -0.1) is 0 Å². The van der Waals surface area contributed by atoms with Gasteiger partial charge < -0.3 is 19.8 Å². The SMILES string of the molecule is CN1CCN(c2cc(N3CCCC3C(=O)O)ncn2)CC1=O. The molecule has 1 amide bonds. The van der Waals surface area contributed by atoms with Crippen molar-refractivity contribution in [1.82, 2.24) is 14.9 Å². The minimum atomic E-state index is -0.826. The molecule has 1 aromatic rings. The molecule has 2 aliphatic rings. The number of hydrogen-bond acceptors (Lipinski definition) is 6. The van der Waals surface area contributed by atoms with Gasteiger partial charge in [0.25, 0.3) is 0 Å². The molecule has 3 heterocycles. The number of aliphatic carboxylic acids is 1. The van der Waals surface area contributed by atoms with Gasteiger partial charge in [0.05, 0.1) is 6.54 Å². The summed E-state index contributed by atoms with van der Waals surface area (Å²) in [4.78, 5) is 37.0. The average molecular weight is 305 g/mol. The molecule has 2 saturated heterocycles. The fourth-order valence-corrected chi connectivity index (χ4v) is 2.92. The van der Waals surface area contributed by atoms with Crippen LogP contribution in [0.3, 0.4) is 0 Å². The number of piperazine rings is 1. The van der Waals surface area contributed by atoms with Crippen LogP contribution in [0.5, 0.6) is 0 Å². The number of carboxylic acid groups (broad SMARTS) is 1. The molecule has 2 aliphatic heterocycles. The first-order chi connectivity index (χ1) is 10.6. The van der Waals surface area contributed by atoms with E-state index in [0.29, 0.717) is 37.7 Å². The zero-order valence-corrected chi connectivity index (χ0v) is 12.5. The fourth-order valence-electron chi connectivity index (χ4n) is 2.92. The van der Waals surface area contributed by atoms with E-state index in [1.54, 1.807) is 22.9 Å². The summed E-state index contributed by atoms with van der Waals surface area (Å²) in [7, 11) is 1.78. The van der Waals surface area contributed by atoms with E-state index >= 15 is 0 Å². The van der Waals surface area contributed by atoms with Crippen LogP contribution in [0.1, 0.15) is 12.8 Å². The highest BCUT2D eigenvalue weighted by atomic mass is 16.4. The van der Waals surface area contributed by atoms with Crippen molar-refractivity contribution in [1.29, 1.82) is 0 Å². The Morgan fingerprint density at radius 1 is 1.27 bits per heavy atom. The molecule has 0 aromatic carbocycles. The molecule has 1 unspecified atom stereocenters. The Morgan fingerprint density at radius 2 is 2.05 bits per heavy atom. The second kappa shape index (κ2) is 5.78. The van der Waals surface area contributed by atoms with Crippen molar-refractivity contribution in [3.05, 3.63) is 12.4 Å². The number of carbonyl (C=O) groups excluding carboxylic acids is 1. The predicted molar refractivity (Wildman–Crippen MR) is 79.9 cm³/mol. The van der Waals surface area contributed by atoms with Gasteiger partial charge in [0.2, 0.25) is 5.91 Å². The van der Waals surface area contributed by atoms with Gasteiger partial charge in [-0.1, -0.05) is 0 Å². The highest BCUT2D eigenvalue weighted by molar-refractivity contribution is 5.82. The lowest BCUT2D eigenvalue weighted by Gasteiger charge is -2.33. The van der Waals surface area contributed by atoms with E-state index in [1.807, 2.05) is 4.90 Å². The Kier molecular flexibility index (Phi) is 3.82. The van der Waals surface area contributed by atoms with Gasteiger partial charge in [-0.2, -0.15) is 0 Å². The van der Waals surface area contributed by atoms with Crippen LogP contribution in [-0.2, 0) is 9.59 Å². The highest BCUT2D eigenvalue weighted by Crippen LogP contribution is 2.26. The normalized spacial score (nSPS) is 22.3. The Labute approximate surface area is 128 Å². The third-order valence-electron chi connectivity index (χ3n) is 4.25. The van der Waals surface area contributed by atoms with E-state index in [9.17, 15) is 14.7 Å². The van der Waals surface area contributed by atoms with Crippen LogP contribution < -0.4 is 9.80 Å². The maximum Gasteiger partial charge on any atom is 0.326 e. The number of nitrogens with zero attached hydrogens (tertiary/aromatic N) is 5. The van der Waals surface area contributed by atoms with Crippen LogP contribution in [0.4, 0.5) is 11.6 Å². The molecular formula is C14H19N5O3. The number of aromatic nitrogens is 2. The van der Waals surface area contributed by atoms with Crippen LogP contribution in [0.25, 0.3) is 0 Å². The Morgan fingerprint density at radius 3 is 2.77 bits per heavy atom. The summed E-state index contributed by atoms with van der Waals surface area (Å²) in [5, 5.41) is 9.28. The zero-order valence-electron chi connectivity index (χ0n) is 12.5. The van der Waals surface area contributed by atoms with E-state index in [1.165, 1.54) is 6.33 Å². The number of hydrogen-bond donors (Lipinski definition) is 1. The number of anilines is 2. The predicted octanol–water partition coefficient (Wildman–Crippen LogP) is -0.192. The molecule has 118 valence electrons. The van der Waals surface area contributed by atoms with Crippen molar-refractivity contribution in [2.75, 3.05) is 43.0 Å². The van der Waals surface area contributed by atoms with Crippen LogP contribution in [-0.4, -0.2) is 71.1 Å². The summed E-state index contributed by atoms with van der Waals surface area (Å²) >= 11 is 0. The van der Waals surface area contributed by atoms with Crippen LogP contribution >= 0.6 is 0 Å². The smallest absolute Gasteiger partial charge is 0.326 e. The molecule has 1 atom stereocenters. The molecule has 2 fully saturated rings. The topological polar surface area (TPSA) is 89.9 Å². The first kappa shape index (κ1) is 14.6. The summed E-state index contributed by atoms with van der Waals surface area (Å²) in [6.45, 7) is 2.32. The summed E-state index contributed by atoms with van der Waals surface area (Å²) in [5.74, 6) is 0.507. The monoisotopic (exact) mass is 305 g/mol. The summed E-state index contributed by atoms with van der Waals surface area (Å²) in [6.07, 6.45) is 2.90. The quantitative estimate of drug-likeness (QED) is 0.827. The first-order valence-corrected chi connectivity index (χ1v) is 7.36. The molecule has 0 bridgehead atoms. The molecule has 3 rings (SSSR count). The first-order valence-electron chi connectivity index (χ1n) is 7.36. The lowest BCUT2D eigenvalue weighted by molar-refractivity contribution is -0.138. The molecular weight excluding hydrogens is 286 g/mol. The van der Waals surface area contributed by atoms with Crippen molar-refractivity contribution < 1.29 is 14.7 Å². The zero-order chi connectivity index (χ0) is 15.7. The standard InChI is InChI=1S/C14H19N5O3/c1-17-5-6-18(8-13(17)20)11-7-12(16-9-15-11)19-4-2-3-10(19)14(21)22/h7,9-10H,2-6,8H2,1H3,(H,21,22). The van der Waals surface area contributed by atoms with Crippen molar-refractivity contribution in [2.45, 2.75) is 18.9 Å². The summed E-state index contributed by atoms with van der Waals surface area (Å²) < 4.78 is 0. The third kappa shape index (κ3) is 2.68. The second-order valence-electron chi connectivity index (χ2n) is 5.66. The van der Waals surface area contributed by atoms with E-state index in [-0.39, 0.29) is 12.5 Å². The molecule has 22 heavy (non-hydrogen) atoms. The molecule has 8 heteroatoms. The Hall–Kier alpha value is -2.38. The van der Waals surface area contributed by atoms with Crippen molar-refractivity contribution >= 4 is 23.5 Å². The Balaban J connectivity index is 1.81. The lowest BCUT2D eigenvalue weighted by Crippen LogP contribution is -2.49. The van der Waals surface area contributed by atoms with Crippen molar-refractivity contribution in [3.63, 3.8) is 0 Å². The van der Waals surface area contributed by atoms with Gasteiger partial charge in [-0.3, -0.25) is 4.79 Å². The molecule has 0 saturated carbocycles. The van der Waals surface area contributed by atoms with Gasteiger partial charge in [0.1, 0.15) is 24.0 Å². The molecule has 1 aromatic heterocycles. The fraction of sp³-hybridized carbons (Fsp3) is 0.571. The molecule has 8 nitrogen and oxygen atoms in total. The van der Waals surface area contributed by atoms with Gasteiger partial charge >= 0.3 is 5.97 Å². The second-order valence-corrected chi connectivity index (χ2v) is 5.66. The number of amides is 1. The van der Waals surface area contributed by atoms with Crippen molar-refractivity contribution in [3.8, 4) is 0 Å². The van der Waals surface area contributed by atoms with Gasteiger partial charge in [-0.25, -0.2) is 14.8 Å². The van der Waals surface area contributed by atoms with E-state index in [2.05, 4.69) is 9.97 Å². The number of carboxylic acids is 1. The summed E-state index contributed by atoms with van der Waals surface area (Å²) in [5.41, 5.74) is 0. The molecule has 0 radical (unpaired) electrons. The van der Waals surface area contributed by atoms with Gasteiger partial charge in [-0.05, 0) is 12.8 Å². The third-order valence-corrected chi connectivity index (χ3v) is 4.25. The lowest BCUT2D eigenvalue weighted by atomic mass is 10.2. The molecule has 0 spiro atoms. The van der Waals surface area contributed by atoms with Crippen LogP contribution in [0, 0.1) is 0 Å². The summed E-state index contributed by atoms with van der Waals surface area (Å²) in [6, 6.07) is 1.25. The van der Waals surface area contributed by atoms with Gasteiger partial charge in [0, 0.05) is 32.7 Å². The maximum absolute atomic E-state index is 11.8. The van der Waals surface area contributed by atoms with Crippen molar-refractivity contribution in [2.24, 2.45) is 0 Å². The number of likely N-dealkylation sites (N-methyl/N-ethyl adjacent to an activating group) is 1. The Bertz CT molecular complexity index is 594. The van der Waals surface area contributed by atoms with Crippen LogP contribution in [0.15, 0.2) is 12.4 Å². The number of rotatable bonds is 3. The largest absolute Gasteiger partial charge is 0.480 e. The minimum absolute atomic E-state index is 0.0518. The average Bonchev–Trinajstić information content (AvgIpc) is 3.00.